The first-order chi connectivity index (χ1) is 16.5. The first-order valence-electron chi connectivity index (χ1n) is 11.8. The zero-order valence-corrected chi connectivity index (χ0v) is 20.3. The fourth-order valence-electron chi connectivity index (χ4n) is 3.98. The van der Waals surface area contributed by atoms with Crippen molar-refractivity contribution in [2.45, 2.75) is 65.1 Å². The number of aromatic nitrogens is 4. The summed E-state index contributed by atoms with van der Waals surface area (Å²) in [5.41, 5.74) is 0.626. The molecule has 0 radical (unpaired) electrons. The number of unbranched alkanes of at least 4 members (excludes halogenated alkanes) is 3. The molecule has 0 fully saturated rings. The van der Waals surface area contributed by atoms with Crippen molar-refractivity contribution in [1.82, 2.24) is 24.0 Å². The maximum absolute atomic E-state index is 13.1. The van der Waals surface area contributed by atoms with Gasteiger partial charge in [-0.3, -0.25) is 18.7 Å². The van der Waals surface area contributed by atoms with Gasteiger partial charge < -0.3 is 15.0 Å². The van der Waals surface area contributed by atoms with E-state index in [2.05, 4.69) is 16.9 Å². The van der Waals surface area contributed by atoms with Crippen molar-refractivity contribution in [2.24, 2.45) is 0 Å². The molecule has 0 saturated heterocycles. The van der Waals surface area contributed by atoms with Crippen molar-refractivity contribution in [3.63, 3.8) is 0 Å². The summed E-state index contributed by atoms with van der Waals surface area (Å²) in [4.78, 5) is 47.2. The van der Waals surface area contributed by atoms with E-state index in [9.17, 15) is 19.5 Å². The molecule has 2 N–H and O–H groups in total. The largest absolute Gasteiger partial charge is 0.395 e. The highest BCUT2D eigenvalue weighted by atomic mass is 35.5. The van der Waals surface area contributed by atoms with Crippen LogP contribution in [0.15, 0.2) is 39.9 Å². The number of aliphatic hydroxyl groups excluding tert-OH is 1. The van der Waals surface area contributed by atoms with Crippen LogP contribution in [0.1, 0.15) is 51.0 Å². The van der Waals surface area contributed by atoms with Gasteiger partial charge in [0.1, 0.15) is 0 Å². The lowest BCUT2D eigenvalue weighted by Gasteiger charge is -2.22. The van der Waals surface area contributed by atoms with Gasteiger partial charge >= 0.3 is 5.69 Å². The van der Waals surface area contributed by atoms with Crippen molar-refractivity contribution >= 4 is 28.7 Å². The smallest absolute Gasteiger partial charge is 0.332 e. The maximum atomic E-state index is 13.1. The fourth-order valence-corrected chi connectivity index (χ4v) is 4.15. The molecule has 0 atom stereocenters. The van der Waals surface area contributed by atoms with Crippen LogP contribution in [0, 0.1) is 0 Å². The summed E-state index contributed by atoms with van der Waals surface area (Å²) in [6.45, 7) is 3.31. The molecule has 1 aromatic carbocycles. The second-order valence-corrected chi connectivity index (χ2v) is 8.66. The first-order valence-corrected chi connectivity index (χ1v) is 12.2. The molecule has 0 unspecified atom stereocenters. The standard InChI is InChI=1S/C24H32ClN5O4/c1-2-3-8-13-29-21-20(26-23(25)27-21)22(33)30(24(29)34)14-9-7-12-19(32)28(15-16-31)17-18-10-5-4-6-11-18/h4-6,10-11,31H,2-3,7-9,12-17H2,1H3,(H,26,27). The third-order valence-electron chi connectivity index (χ3n) is 5.78. The number of hydrogen-bond donors (Lipinski definition) is 2. The summed E-state index contributed by atoms with van der Waals surface area (Å²) in [6, 6.07) is 9.61. The second kappa shape index (κ2) is 12.5. The van der Waals surface area contributed by atoms with Crippen LogP contribution in [0.2, 0.25) is 5.28 Å². The summed E-state index contributed by atoms with van der Waals surface area (Å²) < 4.78 is 2.70. The van der Waals surface area contributed by atoms with Crippen molar-refractivity contribution in [3.8, 4) is 0 Å². The number of amides is 1. The summed E-state index contributed by atoms with van der Waals surface area (Å²) in [6.07, 6.45) is 4.03. The minimum Gasteiger partial charge on any atom is -0.395 e. The summed E-state index contributed by atoms with van der Waals surface area (Å²) in [5, 5.41) is 9.42. The van der Waals surface area contributed by atoms with E-state index in [4.69, 9.17) is 11.6 Å². The molecule has 0 aliphatic heterocycles. The van der Waals surface area contributed by atoms with Gasteiger partial charge in [-0.15, -0.1) is 0 Å². The van der Waals surface area contributed by atoms with Crippen LogP contribution in [-0.2, 0) is 24.4 Å². The zero-order chi connectivity index (χ0) is 24.5. The van der Waals surface area contributed by atoms with Gasteiger partial charge in [0, 0.05) is 32.6 Å². The SMILES string of the molecule is CCCCCn1c(=O)n(CCCCC(=O)N(CCO)Cc2ccccc2)c(=O)c2[nH]c(Cl)nc21. The van der Waals surface area contributed by atoms with Gasteiger partial charge in [0.05, 0.1) is 6.61 Å². The summed E-state index contributed by atoms with van der Waals surface area (Å²) in [5.74, 6) is -0.0713. The number of halogens is 1. The van der Waals surface area contributed by atoms with Gasteiger partial charge in [-0.25, -0.2) is 4.79 Å². The van der Waals surface area contributed by atoms with Crippen molar-refractivity contribution in [3.05, 3.63) is 62.0 Å². The second-order valence-electron chi connectivity index (χ2n) is 8.31. The topological polar surface area (TPSA) is 113 Å². The average molecular weight is 490 g/mol. The molecule has 0 saturated carbocycles. The molecule has 9 nitrogen and oxygen atoms in total. The van der Waals surface area contributed by atoms with Crippen LogP contribution in [0.25, 0.3) is 11.2 Å². The number of aromatic amines is 1. The van der Waals surface area contributed by atoms with Crippen LogP contribution >= 0.6 is 11.6 Å². The van der Waals surface area contributed by atoms with Gasteiger partial charge in [-0.1, -0.05) is 50.1 Å². The monoisotopic (exact) mass is 489 g/mol. The zero-order valence-electron chi connectivity index (χ0n) is 19.5. The van der Waals surface area contributed by atoms with Crippen LogP contribution in [-0.4, -0.2) is 48.2 Å². The lowest BCUT2D eigenvalue weighted by atomic mass is 10.1. The summed E-state index contributed by atoms with van der Waals surface area (Å²) in [7, 11) is 0. The number of H-pyrrole nitrogens is 1. The Bertz CT molecular complexity index is 1200. The summed E-state index contributed by atoms with van der Waals surface area (Å²) >= 11 is 5.98. The van der Waals surface area contributed by atoms with Gasteiger partial charge in [0.25, 0.3) is 5.56 Å². The van der Waals surface area contributed by atoms with Gasteiger partial charge in [-0.05, 0) is 36.4 Å². The van der Waals surface area contributed by atoms with E-state index < -0.39 is 11.2 Å². The van der Waals surface area contributed by atoms with Crippen LogP contribution < -0.4 is 11.2 Å². The fraction of sp³-hybridized carbons (Fsp3) is 0.500. The first kappa shape index (κ1) is 25.7. The number of benzene rings is 1. The number of rotatable bonds is 13. The number of nitrogens with one attached hydrogen (secondary N) is 1. The number of imidazole rings is 1. The molecule has 10 heteroatoms. The minimum atomic E-state index is -0.455. The molecule has 184 valence electrons. The lowest BCUT2D eigenvalue weighted by Crippen LogP contribution is -2.40. The third-order valence-corrected chi connectivity index (χ3v) is 5.96. The van der Waals surface area contributed by atoms with E-state index in [-0.39, 0.29) is 48.5 Å². The number of fused-ring (bicyclic) bond motifs is 1. The average Bonchev–Trinajstić information content (AvgIpc) is 3.22. The number of hydrogen-bond acceptors (Lipinski definition) is 5. The highest BCUT2D eigenvalue weighted by Gasteiger charge is 2.17. The Morgan fingerprint density at radius 3 is 2.50 bits per heavy atom. The van der Waals surface area contributed by atoms with E-state index in [1.54, 1.807) is 4.90 Å². The number of aliphatic hydroxyl groups is 1. The van der Waals surface area contributed by atoms with E-state index in [1.165, 1.54) is 9.13 Å². The molecule has 3 rings (SSSR count). The molecule has 0 aliphatic carbocycles. The number of carbonyl (C=O) groups is 1. The molecule has 0 aliphatic rings. The number of carbonyl (C=O) groups excluding carboxylic acids is 1. The van der Waals surface area contributed by atoms with Crippen molar-refractivity contribution < 1.29 is 9.90 Å². The Morgan fingerprint density at radius 1 is 1.09 bits per heavy atom. The van der Waals surface area contributed by atoms with Crippen molar-refractivity contribution in [1.29, 1.82) is 0 Å². The van der Waals surface area contributed by atoms with Gasteiger partial charge in [-0.2, -0.15) is 4.98 Å². The van der Waals surface area contributed by atoms with Gasteiger partial charge in [0.15, 0.2) is 11.2 Å². The predicted molar refractivity (Wildman–Crippen MR) is 132 cm³/mol. The predicted octanol–water partition coefficient (Wildman–Crippen LogP) is 2.92. The highest BCUT2D eigenvalue weighted by molar-refractivity contribution is 6.28. The Morgan fingerprint density at radius 2 is 1.79 bits per heavy atom. The molecular formula is C24H32ClN5O4. The molecule has 0 bridgehead atoms. The molecule has 3 aromatic rings. The Labute approximate surface area is 203 Å². The molecule has 2 heterocycles. The van der Waals surface area contributed by atoms with Crippen LogP contribution in [0.5, 0.6) is 0 Å². The number of aryl methyl sites for hydroxylation is 1. The Kier molecular flexibility index (Phi) is 9.47. The van der Waals surface area contributed by atoms with Crippen LogP contribution in [0.4, 0.5) is 0 Å². The minimum absolute atomic E-state index is 0.0708. The third kappa shape index (κ3) is 6.36. The molecule has 0 spiro atoms. The Balaban J connectivity index is 1.67. The Hall–Kier alpha value is -2.91. The molecular weight excluding hydrogens is 458 g/mol. The van der Waals surface area contributed by atoms with E-state index >= 15 is 0 Å². The molecule has 2 aromatic heterocycles. The van der Waals surface area contributed by atoms with Crippen molar-refractivity contribution in [2.75, 3.05) is 13.2 Å². The van der Waals surface area contributed by atoms with E-state index in [0.29, 0.717) is 25.9 Å². The highest BCUT2D eigenvalue weighted by Crippen LogP contribution is 2.12. The molecule has 1 amide bonds. The van der Waals surface area contributed by atoms with Crippen LogP contribution in [0.3, 0.4) is 0 Å². The quantitative estimate of drug-likeness (QED) is 0.283. The molecule has 34 heavy (non-hydrogen) atoms. The van der Waals surface area contributed by atoms with Gasteiger partial charge in [0.2, 0.25) is 11.2 Å². The van der Waals surface area contributed by atoms with E-state index in [1.807, 2.05) is 30.3 Å². The maximum Gasteiger partial charge on any atom is 0.332 e. The lowest BCUT2D eigenvalue weighted by molar-refractivity contribution is -0.132. The number of nitrogens with zero attached hydrogens (tertiary/aromatic N) is 4. The normalized spacial score (nSPS) is 11.3. The van der Waals surface area contributed by atoms with E-state index in [0.717, 1.165) is 24.8 Å².